The Balaban J connectivity index is 0.00000169. The van der Waals surface area contributed by atoms with Crippen LogP contribution in [0.25, 0.3) is 0 Å². The Kier molecular flexibility index (Phi) is 5.63. The smallest absolute Gasteiger partial charge is 0.0204 e. The van der Waals surface area contributed by atoms with E-state index < -0.39 is 0 Å². The molecule has 0 aromatic heterocycles. The SMILES string of the molecule is Cl.c1ccc(C2(c3ccccc3)CCC(N3CCCC3)CC2)cc1. The average Bonchev–Trinajstić information content (AvgIpc) is 3.18. The van der Waals surface area contributed by atoms with E-state index in [4.69, 9.17) is 0 Å². The van der Waals surface area contributed by atoms with Gasteiger partial charge in [-0.15, -0.1) is 12.4 Å². The summed E-state index contributed by atoms with van der Waals surface area (Å²) in [5.74, 6) is 0. The van der Waals surface area contributed by atoms with Gasteiger partial charge in [0, 0.05) is 11.5 Å². The van der Waals surface area contributed by atoms with Gasteiger partial charge < -0.3 is 4.90 Å². The lowest BCUT2D eigenvalue weighted by atomic mass is 9.64. The summed E-state index contributed by atoms with van der Waals surface area (Å²) in [7, 11) is 0. The molecule has 2 fully saturated rings. The van der Waals surface area contributed by atoms with Crippen molar-refractivity contribution in [1.29, 1.82) is 0 Å². The van der Waals surface area contributed by atoms with Crippen LogP contribution in [-0.4, -0.2) is 24.0 Å². The summed E-state index contributed by atoms with van der Waals surface area (Å²) in [6, 6.07) is 23.2. The number of likely N-dealkylation sites (tertiary alicyclic amines) is 1. The Bertz CT molecular complexity index is 569. The maximum Gasteiger partial charge on any atom is 0.0204 e. The first-order valence-corrected chi connectivity index (χ1v) is 9.24. The topological polar surface area (TPSA) is 3.24 Å². The third kappa shape index (κ3) is 3.25. The lowest BCUT2D eigenvalue weighted by Crippen LogP contribution is -2.41. The zero-order chi connectivity index (χ0) is 15.5. The molecule has 2 aromatic carbocycles. The predicted molar refractivity (Wildman–Crippen MR) is 104 cm³/mol. The highest BCUT2D eigenvalue weighted by Gasteiger charge is 2.39. The second kappa shape index (κ2) is 7.72. The molecule has 0 atom stereocenters. The van der Waals surface area contributed by atoms with Gasteiger partial charge in [0.05, 0.1) is 0 Å². The molecule has 0 amide bonds. The number of hydrogen-bond donors (Lipinski definition) is 0. The predicted octanol–water partition coefficient (Wildman–Crippen LogP) is 5.43. The Hall–Kier alpha value is -1.31. The molecule has 0 bridgehead atoms. The molecule has 2 aliphatic rings. The van der Waals surface area contributed by atoms with Crippen molar-refractivity contribution in [3.8, 4) is 0 Å². The van der Waals surface area contributed by atoms with E-state index in [9.17, 15) is 0 Å². The normalized spacial score (nSPS) is 21.3. The summed E-state index contributed by atoms with van der Waals surface area (Å²) in [6.07, 6.45) is 8.04. The monoisotopic (exact) mass is 341 g/mol. The third-order valence-electron chi connectivity index (χ3n) is 6.12. The van der Waals surface area contributed by atoms with E-state index in [1.165, 1.54) is 62.7 Å². The average molecular weight is 342 g/mol. The minimum atomic E-state index is 0. The zero-order valence-corrected chi connectivity index (χ0v) is 15.2. The summed E-state index contributed by atoms with van der Waals surface area (Å²) in [5, 5.41) is 0. The van der Waals surface area contributed by atoms with Crippen molar-refractivity contribution in [2.75, 3.05) is 13.1 Å². The van der Waals surface area contributed by atoms with E-state index in [1.807, 2.05) is 0 Å². The summed E-state index contributed by atoms with van der Waals surface area (Å²) in [4.78, 5) is 2.75. The van der Waals surface area contributed by atoms with Crippen LogP contribution in [0.5, 0.6) is 0 Å². The summed E-state index contributed by atoms with van der Waals surface area (Å²) >= 11 is 0. The van der Waals surface area contributed by atoms with Gasteiger partial charge in [0.1, 0.15) is 0 Å². The fraction of sp³-hybridized carbons (Fsp3) is 0.455. The molecule has 1 aliphatic carbocycles. The van der Waals surface area contributed by atoms with Gasteiger partial charge >= 0.3 is 0 Å². The molecular formula is C22H28ClN. The maximum absolute atomic E-state index is 2.75. The lowest BCUT2D eigenvalue weighted by molar-refractivity contribution is 0.161. The van der Waals surface area contributed by atoms with Gasteiger partial charge in [-0.2, -0.15) is 0 Å². The molecule has 2 heteroatoms. The van der Waals surface area contributed by atoms with Gasteiger partial charge in [0.25, 0.3) is 0 Å². The molecule has 1 nitrogen and oxygen atoms in total. The van der Waals surface area contributed by atoms with Crippen LogP contribution < -0.4 is 0 Å². The molecule has 0 N–H and O–H groups in total. The molecule has 2 aromatic rings. The van der Waals surface area contributed by atoms with Crippen LogP contribution in [0, 0.1) is 0 Å². The number of hydrogen-bond acceptors (Lipinski definition) is 1. The standard InChI is InChI=1S/C22H27N.ClH/c1-3-9-19(10-4-1)22(20-11-5-2-6-12-20)15-13-21(14-16-22)23-17-7-8-18-23;/h1-6,9-12,21H,7-8,13-18H2;1H. The van der Waals surface area contributed by atoms with Gasteiger partial charge in [0.2, 0.25) is 0 Å². The van der Waals surface area contributed by atoms with E-state index in [0.717, 1.165) is 6.04 Å². The Morgan fingerprint density at radius 3 is 1.62 bits per heavy atom. The number of nitrogens with zero attached hydrogens (tertiary/aromatic N) is 1. The van der Waals surface area contributed by atoms with Crippen molar-refractivity contribution in [3.05, 3.63) is 71.8 Å². The van der Waals surface area contributed by atoms with Crippen molar-refractivity contribution in [1.82, 2.24) is 4.90 Å². The molecule has 0 spiro atoms. The van der Waals surface area contributed by atoms with Crippen molar-refractivity contribution < 1.29 is 0 Å². The van der Waals surface area contributed by atoms with E-state index in [1.54, 1.807) is 0 Å². The van der Waals surface area contributed by atoms with E-state index in [0.29, 0.717) is 0 Å². The van der Waals surface area contributed by atoms with Crippen molar-refractivity contribution in [3.63, 3.8) is 0 Å². The molecule has 4 rings (SSSR count). The maximum atomic E-state index is 2.75. The van der Waals surface area contributed by atoms with Crippen molar-refractivity contribution in [2.24, 2.45) is 0 Å². The van der Waals surface area contributed by atoms with Crippen LogP contribution in [0.3, 0.4) is 0 Å². The molecule has 0 unspecified atom stereocenters. The second-order valence-electron chi connectivity index (χ2n) is 7.29. The van der Waals surface area contributed by atoms with E-state index in [-0.39, 0.29) is 17.8 Å². The summed E-state index contributed by atoms with van der Waals surface area (Å²) in [5.41, 5.74) is 3.23. The largest absolute Gasteiger partial charge is 0.300 e. The van der Waals surface area contributed by atoms with Gasteiger partial charge in [-0.05, 0) is 62.7 Å². The zero-order valence-electron chi connectivity index (χ0n) is 14.4. The quantitative estimate of drug-likeness (QED) is 0.719. The van der Waals surface area contributed by atoms with E-state index in [2.05, 4.69) is 65.6 Å². The van der Waals surface area contributed by atoms with Crippen molar-refractivity contribution in [2.45, 2.75) is 50.0 Å². The fourth-order valence-corrected chi connectivity index (χ4v) is 4.83. The Labute approximate surface area is 152 Å². The number of halogens is 1. The molecule has 1 saturated heterocycles. The molecule has 24 heavy (non-hydrogen) atoms. The molecule has 1 heterocycles. The van der Waals surface area contributed by atoms with Crippen molar-refractivity contribution >= 4 is 12.4 Å². The van der Waals surface area contributed by atoms with Gasteiger partial charge in [-0.3, -0.25) is 0 Å². The minimum Gasteiger partial charge on any atom is -0.300 e. The van der Waals surface area contributed by atoms with Crippen LogP contribution in [0.15, 0.2) is 60.7 Å². The third-order valence-corrected chi connectivity index (χ3v) is 6.12. The molecule has 0 radical (unpaired) electrons. The minimum absolute atomic E-state index is 0. The summed E-state index contributed by atoms with van der Waals surface area (Å²) in [6.45, 7) is 2.66. The summed E-state index contributed by atoms with van der Waals surface area (Å²) < 4.78 is 0. The van der Waals surface area contributed by atoms with Gasteiger partial charge in [0.15, 0.2) is 0 Å². The first-order chi connectivity index (χ1) is 11.4. The molecule has 128 valence electrons. The first kappa shape index (κ1) is 17.5. The van der Waals surface area contributed by atoms with Gasteiger partial charge in [-0.1, -0.05) is 60.7 Å². The fourth-order valence-electron chi connectivity index (χ4n) is 4.83. The highest BCUT2D eigenvalue weighted by Crippen LogP contribution is 2.46. The van der Waals surface area contributed by atoms with Crippen LogP contribution in [0.2, 0.25) is 0 Å². The molecule has 1 saturated carbocycles. The molecular weight excluding hydrogens is 314 g/mol. The van der Waals surface area contributed by atoms with Crippen LogP contribution in [0.1, 0.15) is 49.7 Å². The van der Waals surface area contributed by atoms with Gasteiger partial charge in [-0.25, -0.2) is 0 Å². The Morgan fingerprint density at radius 1 is 0.708 bits per heavy atom. The number of benzene rings is 2. The van der Waals surface area contributed by atoms with Crippen LogP contribution in [0.4, 0.5) is 0 Å². The molecule has 1 aliphatic heterocycles. The highest BCUT2D eigenvalue weighted by atomic mass is 35.5. The highest BCUT2D eigenvalue weighted by molar-refractivity contribution is 5.85. The van der Waals surface area contributed by atoms with Crippen LogP contribution in [-0.2, 0) is 5.41 Å². The lowest BCUT2D eigenvalue weighted by Gasteiger charge is -2.43. The van der Waals surface area contributed by atoms with Crippen LogP contribution >= 0.6 is 12.4 Å². The second-order valence-corrected chi connectivity index (χ2v) is 7.29. The Morgan fingerprint density at radius 2 is 1.17 bits per heavy atom. The van der Waals surface area contributed by atoms with E-state index >= 15 is 0 Å². The number of rotatable bonds is 3. The first-order valence-electron chi connectivity index (χ1n) is 9.24.